The maximum atomic E-state index is 5.99. The summed E-state index contributed by atoms with van der Waals surface area (Å²) >= 11 is 0. The summed E-state index contributed by atoms with van der Waals surface area (Å²) in [6, 6.07) is 5.68. The molecule has 3 atom stereocenters. The van der Waals surface area contributed by atoms with E-state index in [1.165, 1.54) is 5.56 Å². The third-order valence-corrected chi connectivity index (χ3v) is 4.52. The number of piperazine rings is 1. The molecule has 3 unspecified atom stereocenters. The molecular formula is C16H28N4. The van der Waals surface area contributed by atoms with E-state index in [1.54, 1.807) is 0 Å². The largest absolute Gasteiger partial charge is 0.354 e. The topological polar surface area (TPSA) is 45.4 Å². The van der Waals surface area contributed by atoms with Crippen LogP contribution in [0, 0.1) is 0 Å². The molecule has 4 heteroatoms. The van der Waals surface area contributed by atoms with Gasteiger partial charge in [0.15, 0.2) is 0 Å². The Bertz CT molecular complexity index is 405. The predicted octanol–water partition coefficient (Wildman–Crippen LogP) is 1.89. The van der Waals surface area contributed by atoms with E-state index in [0.717, 1.165) is 31.7 Å². The van der Waals surface area contributed by atoms with Crippen molar-refractivity contribution >= 4 is 5.82 Å². The maximum Gasteiger partial charge on any atom is 0.128 e. The van der Waals surface area contributed by atoms with Gasteiger partial charge in [0.2, 0.25) is 0 Å². The zero-order valence-electron chi connectivity index (χ0n) is 13.2. The summed E-state index contributed by atoms with van der Waals surface area (Å²) < 4.78 is 0. The molecule has 1 aliphatic heterocycles. The minimum atomic E-state index is 0.242. The second-order valence-corrected chi connectivity index (χ2v) is 6.17. The lowest BCUT2D eigenvalue weighted by atomic mass is 10.1. The Balaban J connectivity index is 2.03. The summed E-state index contributed by atoms with van der Waals surface area (Å²) in [5.41, 5.74) is 7.23. The first-order valence-electron chi connectivity index (χ1n) is 7.68. The summed E-state index contributed by atoms with van der Waals surface area (Å²) in [6.07, 6.45) is 3.91. The number of rotatable bonds is 4. The summed E-state index contributed by atoms with van der Waals surface area (Å²) in [6.45, 7) is 8.76. The molecule has 2 rings (SSSR count). The first kappa shape index (κ1) is 15.3. The van der Waals surface area contributed by atoms with E-state index in [9.17, 15) is 0 Å². The highest BCUT2D eigenvalue weighted by atomic mass is 15.3. The number of hydrogen-bond acceptors (Lipinski definition) is 4. The number of anilines is 1. The number of pyridine rings is 1. The minimum absolute atomic E-state index is 0.242. The van der Waals surface area contributed by atoms with Crippen LogP contribution in [0.1, 0.15) is 32.8 Å². The van der Waals surface area contributed by atoms with Crippen LogP contribution in [-0.2, 0) is 6.42 Å². The second kappa shape index (κ2) is 6.55. The van der Waals surface area contributed by atoms with E-state index in [4.69, 9.17) is 5.73 Å². The third-order valence-electron chi connectivity index (χ3n) is 4.52. The number of hydrogen-bond donors (Lipinski definition) is 1. The molecule has 0 amide bonds. The van der Waals surface area contributed by atoms with Crippen molar-refractivity contribution in [2.75, 3.05) is 25.0 Å². The Labute approximate surface area is 123 Å². The number of likely N-dealkylation sites (N-methyl/N-ethyl adjacent to an activating group) is 1. The molecule has 0 bridgehead atoms. The molecule has 1 aromatic rings. The average Bonchev–Trinajstić information content (AvgIpc) is 2.45. The number of nitrogens with two attached hydrogens (primary N) is 1. The van der Waals surface area contributed by atoms with Gasteiger partial charge in [-0.3, -0.25) is 4.90 Å². The number of nitrogens with zero attached hydrogens (tertiary/aromatic N) is 3. The van der Waals surface area contributed by atoms with Gasteiger partial charge in [-0.2, -0.15) is 0 Å². The lowest BCUT2D eigenvalue weighted by Crippen LogP contribution is -2.55. The zero-order valence-corrected chi connectivity index (χ0v) is 13.2. The molecule has 2 heterocycles. The Morgan fingerprint density at radius 1 is 1.30 bits per heavy atom. The molecule has 1 aliphatic rings. The molecule has 0 aromatic carbocycles. The highest BCUT2D eigenvalue weighted by Crippen LogP contribution is 2.20. The summed E-state index contributed by atoms with van der Waals surface area (Å²) in [7, 11) is 2.20. The first-order chi connectivity index (χ1) is 9.51. The molecule has 1 fully saturated rings. The van der Waals surface area contributed by atoms with E-state index in [-0.39, 0.29) is 6.04 Å². The molecule has 0 radical (unpaired) electrons. The fourth-order valence-electron chi connectivity index (χ4n) is 2.76. The second-order valence-electron chi connectivity index (χ2n) is 6.17. The van der Waals surface area contributed by atoms with Crippen molar-refractivity contribution in [3.63, 3.8) is 0 Å². The van der Waals surface area contributed by atoms with E-state index >= 15 is 0 Å². The van der Waals surface area contributed by atoms with Crippen molar-refractivity contribution in [1.29, 1.82) is 0 Å². The van der Waals surface area contributed by atoms with Crippen molar-refractivity contribution in [3.8, 4) is 0 Å². The molecule has 2 N–H and O–H groups in total. The van der Waals surface area contributed by atoms with Crippen LogP contribution in [0.15, 0.2) is 18.3 Å². The molecule has 1 saturated heterocycles. The molecule has 112 valence electrons. The third kappa shape index (κ3) is 3.49. The minimum Gasteiger partial charge on any atom is -0.354 e. The van der Waals surface area contributed by atoms with Gasteiger partial charge in [-0.05, 0) is 45.4 Å². The Hall–Kier alpha value is -1.13. The monoisotopic (exact) mass is 276 g/mol. The molecule has 20 heavy (non-hydrogen) atoms. The van der Waals surface area contributed by atoms with Crippen molar-refractivity contribution < 1.29 is 0 Å². The van der Waals surface area contributed by atoms with Crippen LogP contribution in [0.3, 0.4) is 0 Å². The van der Waals surface area contributed by atoms with Crippen LogP contribution in [0.2, 0.25) is 0 Å². The van der Waals surface area contributed by atoms with Gasteiger partial charge in [0.05, 0.1) is 0 Å². The average molecular weight is 276 g/mol. The van der Waals surface area contributed by atoms with E-state index < -0.39 is 0 Å². The summed E-state index contributed by atoms with van der Waals surface area (Å²) in [5, 5.41) is 0. The molecule has 0 spiro atoms. The lowest BCUT2D eigenvalue weighted by molar-refractivity contribution is 0.169. The Morgan fingerprint density at radius 3 is 2.45 bits per heavy atom. The van der Waals surface area contributed by atoms with Crippen LogP contribution in [0.25, 0.3) is 0 Å². The molecular weight excluding hydrogens is 248 g/mol. The van der Waals surface area contributed by atoms with Gasteiger partial charge < -0.3 is 10.6 Å². The quantitative estimate of drug-likeness (QED) is 0.912. The smallest absolute Gasteiger partial charge is 0.128 e. The van der Waals surface area contributed by atoms with Crippen LogP contribution in [0.5, 0.6) is 0 Å². The van der Waals surface area contributed by atoms with E-state index in [2.05, 4.69) is 54.7 Å². The van der Waals surface area contributed by atoms with Gasteiger partial charge in [0.25, 0.3) is 0 Å². The van der Waals surface area contributed by atoms with Crippen LogP contribution >= 0.6 is 0 Å². The first-order valence-corrected chi connectivity index (χ1v) is 7.68. The Morgan fingerprint density at radius 2 is 1.95 bits per heavy atom. The van der Waals surface area contributed by atoms with Crippen molar-refractivity contribution in [2.45, 2.75) is 51.7 Å². The molecule has 1 aromatic heterocycles. The van der Waals surface area contributed by atoms with Crippen LogP contribution in [0.4, 0.5) is 5.82 Å². The maximum absolute atomic E-state index is 5.99. The van der Waals surface area contributed by atoms with Gasteiger partial charge in [0, 0.05) is 37.4 Å². The highest BCUT2D eigenvalue weighted by Gasteiger charge is 2.26. The van der Waals surface area contributed by atoms with E-state index in [0.29, 0.717) is 12.1 Å². The van der Waals surface area contributed by atoms with Crippen LogP contribution in [-0.4, -0.2) is 48.1 Å². The fourth-order valence-corrected chi connectivity index (χ4v) is 2.76. The van der Waals surface area contributed by atoms with Gasteiger partial charge in [-0.15, -0.1) is 0 Å². The zero-order chi connectivity index (χ0) is 14.7. The van der Waals surface area contributed by atoms with Gasteiger partial charge >= 0.3 is 0 Å². The molecule has 4 nitrogen and oxygen atoms in total. The number of aromatic nitrogens is 1. The Kier molecular flexibility index (Phi) is 5.00. The van der Waals surface area contributed by atoms with Crippen LogP contribution < -0.4 is 10.6 Å². The normalized spacial score (nSPS) is 25.8. The van der Waals surface area contributed by atoms with Crippen molar-refractivity contribution in [1.82, 2.24) is 9.88 Å². The van der Waals surface area contributed by atoms with Gasteiger partial charge in [-0.1, -0.05) is 13.0 Å². The summed E-state index contributed by atoms with van der Waals surface area (Å²) in [5.74, 6) is 1.09. The molecule has 0 aliphatic carbocycles. The van der Waals surface area contributed by atoms with E-state index in [1.807, 2.05) is 6.20 Å². The fraction of sp³-hybridized carbons (Fsp3) is 0.688. The molecule has 0 saturated carbocycles. The van der Waals surface area contributed by atoms with Gasteiger partial charge in [-0.25, -0.2) is 4.98 Å². The van der Waals surface area contributed by atoms with Gasteiger partial charge in [0.1, 0.15) is 5.82 Å². The summed E-state index contributed by atoms with van der Waals surface area (Å²) in [4.78, 5) is 9.46. The SMILES string of the molecule is CCC(N)Cc1ccc(N2CC(C)N(C)C(C)C2)nc1. The standard InChI is InChI=1S/C16H28N4/c1-5-15(17)8-14-6-7-16(18-9-14)20-10-12(2)19(4)13(3)11-20/h6-7,9,12-13,15H,5,8,10-11,17H2,1-4H3. The van der Waals surface area contributed by atoms with Crippen molar-refractivity contribution in [3.05, 3.63) is 23.9 Å². The van der Waals surface area contributed by atoms with Crippen molar-refractivity contribution in [2.24, 2.45) is 5.73 Å². The highest BCUT2D eigenvalue weighted by molar-refractivity contribution is 5.40. The predicted molar refractivity (Wildman–Crippen MR) is 85.1 cm³/mol. The lowest BCUT2D eigenvalue weighted by Gasteiger charge is -2.43.